The third-order valence-corrected chi connectivity index (χ3v) is 5.85. The van der Waals surface area contributed by atoms with Crippen LogP contribution in [-0.2, 0) is 11.3 Å². The van der Waals surface area contributed by atoms with Gasteiger partial charge in [0.15, 0.2) is 10.8 Å². The summed E-state index contributed by atoms with van der Waals surface area (Å²) in [6, 6.07) is 4.47. The van der Waals surface area contributed by atoms with Crippen LogP contribution in [0.4, 0.5) is 11.5 Å². The van der Waals surface area contributed by atoms with Gasteiger partial charge < -0.3 is 15.0 Å². The third-order valence-electron chi connectivity index (χ3n) is 5.30. The van der Waals surface area contributed by atoms with Crippen LogP contribution in [0, 0.1) is 17.0 Å². The molecule has 1 saturated heterocycles. The first-order valence-electron chi connectivity index (χ1n) is 10.1. The molecule has 3 aromatic rings. The molecule has 0 spiro atoms. The largest absolute Gasteiger partial charge is 0.378 e. The lowest BCUT2D eigenvalue weighted by Gasteiger charge is -2.28. The maximum Gasteiger partial charge on any atom is 0.273 e. The molecule has 1 fully saturated rings. The molecule has 32 heavy (non-hydrogen) atoms. The zero-order valence-electron chi connectivity index (χ0n) is 17.8. The van der Waals surface area contributed by atoms with Gasteiger partial charge in [-0.05, 0) is 19.2 Å². The number of amides is 1. The molecule has 12 heteroatoms. The minimum absolute atomic E-state index is 0.0762. The molecule has 0 saturated carbocycles. The second-order valence-electron chi connectivity index (χ2n) is 7.20. The fourth-order valence-electron chi connectivity index (χ4n) is 3.63. The average molecular weight is 458 g/mol. The number of carbonyl (C=O) groups excluding carboxylic acids is 1. The minimum Gasteiger partial charge on any atom is -0.378 e. The molecule has 2 aromatic heterocycles. The fourth-order valence-corrected chi connectivity index (χ4v) is 3.99. The summed E-state index contributed by atoms with van der Waals surface area (Å²) in [7, 11) is 0. The van der Waals surface area contributed by atoms with Gasteiger partial charge in [0.2, 0.25) is 0 Å². The van der Waals surface area contributed by atoms with Gasteiger partial charge in [-0.15, -0.1) is 0 Å². The van der Waals surface area contributed by atoms with Crippen molar-refractivity contribution < 1.29 is 14.5 Å². The van der Waals surface area contributed by atoms with Crippen molar-refractivity contribution in [3.63, 3.8) is 0 Å². The van der Waals surface area contributed by atoms with Crippen molar-refractivity contribution in [3.8, 4) is 0 Å². The predicted octanol–water partition coefficient (Wildman–Crippen LogP) is 2.03. The fraction of sp³-hybridized carbons (Fsp3) is 0.400. The van der Waals surface area contributed by atoms with Crippen LogP contribution in [0.5, 0.6) is 0 Å². The maximum atomic E-state index is 12.6. The summed E-state index contributed by atoms with van der Waals surface area (Å²) in [5.41, 5.74) is 1.25. The lowest BCUT2D eigenvalue weighted by molar-refractivity contribution is -0.385. The highest BCUT2D eigenvalue weighted by atomic mass is 32.2. The van der Waals surface area contributed by atoms with E-state index in [0.717, 1.165) is 24.3 Å². The normalized spacial score (nSPS) is 14.0. The Balaban J connectivity index is 1.51. The number of aromatic nitrogens is 4. The molecule has 168 valence electrons. The van der Waals surface area contributed by atoms with Crippen LogP contribution < -0.4 is 10.2 Å². The lowest BCUT2D eigenvalue weighted by atomic mass is 10.1. The van der Waals surface area contributed by atoms with Crippen molar-refractivity contribution >= 4 is 40.2 Å². The first-order chi connectivity index (χ1) is 15.5. The Bertz CT molecular complexity index is 1160. The Hall–Kier alpha value is -3.25. The van der Waals surface area contributed by atoms with Crippen molar-refractivity contribution in [1.29, 1.82) is 0 Å². The molecule has 1 amide bonds. The van der Waals surface area contributed by atoms with Crippen LogP contribution >= 0.6 is 11.8 Å². The monoisotopic (exact) mass is 457 g/mol. The molecule has 0 atom stereocenters. The molecule has 0 bridgehead atoms. The van der Waals surface area contributed by atoms with Crippen molar-refractivity contribution in [2.75, 3.05) is 44.0 Å². The number of carbonyl (C=O) groups is 1. The summed E-state index contributed by atoms with van der Waals surface area (Å²) in [5.74, 6) is 0.473. The summed E-state index contributed by atoms with van der Waals surface area (Å²) in [4.78, 5) is 34.7. The van der Waals surface area contributed by atoms with Gasteiger partial charge in [-0.25, -0.2) is 14.6 Å². The van der Waals surface area contributed by atoms with E-state index in [4.69, 9.17) is 4.74 Å². The van der Waals surface area contributed by atoms with E-state index >= 15 is 0 Å². The van der Waals surface area contributed by atoms with Gasteiger partial charge in [0.1, 0.15) is 5.82 Å². The highest BCUT2D eigenvalue weighted by molar-refractivity contribution is 7.98. The Labute approximate surface area is 188 Å². The topological polar surface area (TPSA) is 128 Å². The maximum absolute atomic E-state index is 12.6. The van der Waals surface area contributed by atoms with Gasteiger partial charge in [-0.1, -0.05) is 17.8 Å². The second kappa shape index (κ2) is 9.49. The molecule has 0 unspecified atom stereocenters. The minimum atomic E-state index is -0.489. The Morgan fingerprint density at radius 1 is 1.31 bits per heavy atom. The molecule has 0 aliphatic carbocycles. The van der Waals surface area contributed by atoms with Crippen molar-refractivity contribution in [1.82, 2.24) is 25.1 Å². The summed E-state index contributed by atoms with van der Waals surface area (Å²) in [6.07, 6.45) is 3.67. The third kappa shape index (κ3) is 4.36. The molecule has 1 aromatic carbocycles. The Kier molecular flexibility index (Phi) is 6.51. The number of rotatable bonds is 7. The first kappa shape index (κ1) is 22.0. The van der Waals surface area contributed by atoms with E-state index in [-0.39, 0.29) is 17.2 Å². The molecule has 1 N–H and O–H groups in total. The van der Waals surface area contributed by atoms with Crippen LogP contribution in [-0.4, -0.2) is 69.7 Å². The molecule has 0 radical (unpaired) electrons. The standard InChI is InChI=1S/C20H23N7O4S/c1-13-14(4-3-5-16(13)27(29)30)19(28)21-6-7-26-18-15(12-22-26)17(23-20(24-18)32-2)25-8-10-31-11-9-25/h3-5,12H,6-11H2,1-2H3,(H,21,28). The van der Waals surface area contributed by atoms with Gasteiger partial charge in [0, 0.05) is 36.8 Å². The number of nitrogens with zero attached hydrogens (tertiary/aromatic N) is 6. The predicted molar refractivity (Wildman–Crippen MR) is 120 cm³/mol. The molecule has 1 aliphatic heterocycles. The smallest absolute Gasteiger partial charge is 0.273 e. The van der Waals surface area contributed by atoms with Gasteiger partial charge in [0.05, 0.1) is 36.3 Å². The van der Waals surface area contributed by atoms with Gasteiger partial charge in [-0.3, -0.25) is 14.9 Å². The highest BCUT2D eigenvalue weighted by Crippen LogP contribution is 2.27. The molecule has 3 heterocycles. The molecule has 4 rings (SSSR count). The molecule has 1 aliphatic rings. The second-order valence-corrected chi connectivity index (χ2v) is 7.97. The quantitative estimate of drug-likeness (QED) is 0.245. The van der Waals surface area contributed by atoms with E-state index in [1.807, 2.05) is 6.26 Å². The number of hydrogen-bond acceptors (Lipinski definition) is 9. The number of nitro benzene ring substituents is 1. The number of benzene rings is 1. The number of nitro groups is 1. The number of fused-ring (bicyclic) bond motifs is 1. The zero-order chi connectivity index (χ0) is 22.7. The SMILES string of the molecule is CSc1nc(N2CCOCC2)c2cnn(CCNC(=O)c3cccc([N+](=O)[O-])c3C)c2n1. The van der Waals surface area contributed by atoms with E-state index in [9.17, 15) is 14.9 Å². The average Bonchev–Trinajstić information content (AvgIpc) is 3.21. The van der Waals surface area contributed by atoms with E-state index in [1.165, 1.54) is 23.9 Å². The molecular formula is C20H23N7O4S. The summed E-state index contributed by atoms with van der Waals surface area (Å²) < 4.78 is 7.18. The van der Waals surface area contributed by atoms with Crippen LogP contribution in [0.25, 0.3) is 11.0 Å². The Morgan fingerprint density at radius 3 is 2.81 bits per heavy atom. The summed E-state index contributed by atoms with van der Waals surface area (Å²) >= 11 is 1.46. The first-order valence-corrected chi connectivity index (χ1v) is 11.3. The van der Waals surface area contributed by atoms with Crippen molar-refractivity contribution in [2.24, 2.45) is 0 Å². The van der Waals surface area contributed by atoms with E-state index < -0.39 is 4.92 Å². The Morgan fingerprint density at radius 2 is 2.09 bits per heavy atom. The molecule has 11 nitrogen and oxygen atoms in total. The van der Waals surface area contributed by atoms with Crippen molar-refractivity contribution in [3.05, 3.63) is 45.6 Å². The van der Waals surface area contributed by atoms with E-state index in [1.54, 1.807) is 23.9 Å². The van der Waals surface area contributed by atoms with E-state index in [0.29, 0.717) is 42.7 Å². The number of hydrogen-bond donors (Lipinski definition) is 1. The van der Waals surface area contributed by atoms with Crippen LogP contribution in [0.1, 0.15) is 15.9 Å². The van der Waals surface area contributed by atoms with Gasteiger partial charge in [0.25, 0.3) is 11.6 Å². The summed E-state index contributed by atoms with van der Waals surface area (Å²) in [5, 5.41) is 19.9. The number of anilines is 1. The van der Waals surface area contributed by atoms with Crippen LogP contribution in [0.2, 0.25) is 0 Å². The highest BCUT2D eigenvalue weighted by Gasteiger charge is 2.21. The van der Waals surface area contributed by atoms with Crippen molar-refractivity contribution in [2.45, 2.75) is 18.6 Å². The lowest BCUT2D eigenvalue weighted by Crippen LogP contribution is -2.37. The zero-order valence-corrected chi connectivity index (χ0v) is 18.6. The van der Waals surface area contributed by atoms with Crippen LogP contribution in [0.15, 0.2) is 29.6 Å². The van der Waals surface area contributed by atoms with E-state index in [2.05, 4.69) is 25.3 Å². The molecular weight excluding hydrogens is 434 g/mol. The summed E-state index contributed by atoms with van der Waals surface area (Å²) in [6.45, 7) is 5.07. The number of ether oxygens (including phenoxy) is 1. The number of thioether (sulfide) groups is 1. The van der Waals surface area contributed by atoms with Gasteiger partial charge in [-0.2, -0.15) is 5.10 Å². The van der Waals surface area contributed by atoms with Crippen LogP contribution in [0.3, 0.4) is 0 Å². The number of morpholine rings is 1. The number of nitrogens with one attached hydrogen (secondary N) is 1. The van der Waals surface area contributed by atoms with Gasteiger partial charge >= 0.3 is 0 Å².